The summed E-state index contributed by atoms with van der Waals surface area (Å²) in [7, 11) is 0. The summed E-state index contributed by atoms with van der Waals surface area (Å²) < 4.78 is 5.03. The molecule has 2 aliphatic rings. The van der Waals surface area contributed by atoms with E-state index in [4.69, 9.17) is 21.2 Å². The third-order valence-electron chi connectivity index (χ3n) is 3.43. The van der Waals surface area contributed by atoms with Crippen LogP contribution in [0.4, 0.5) is 0 Å². The Morgan fingerprint density at radius 1 is 1.23 bits per heavy atom. The number of hydrogen-bond acceptors (Lipinski definition) is 3. The molecule has 1 aromatic heterocycles. The van der Waals surface area contributed by atoms with Crippen molar-refractivity contribution in [2.75, 3.05) is 0 Å². The Bertz CT molecular complexity index is 947. The van der Waals surface area contributed by atoms with E-state index < -0.39 is 5.97 Å². The highest BCUT2D eigenvalue weighted by atomic mass is 35.5. The van der Waals surface area contributed by atoms with Gasteiger partial charge in [-0.2, -0.15) is 0 Å². The minimum absolute atomic E-state index is 0.220. The molecule has 0 spiro atoms. The van der Waals surface area contributed by atoms with Crippen LogP contribution in [0.25, 0.3) is 11.3 Å². The predicted octanol–water partition coefficient (Wildman–Crippen LogP) is 4.29. The zero-order valence-corrected chi connectivity index (χ0v) is 12.5. The molecule has 1 heterocycles. The molecule has 5 heteroatoms. The van der Waals surface area contributed by atoms with E-state index in [0.717, 1.165) is 10.6 Å². The van der Waals surface area contributed by atoms with Gasteiger partial charge in [0.15, 0.2) is 5.76 Å². The number of carboxylic acids is 1. The first-order valence-corrected chi connectivity index (χ1v) is 6.99. The van der Waals surface area contributed by atoms with Crippen LogP contribution in [0.1, 0.15) is 15.9 Å². The predicted molar refractivity (Wildman–Crippen MR) is 82.8 cm³/mol. The third kappa shape index (κ3) is 2.49. The Kier molecular flexibility index (Phi) is 3.69. The van der Waals surface area contributed by atoms with Gasteiger partial charge in [0.1, 0.15) is 0 Å². The van der Waals surface area contributed by atoms with Gasteiger partial charge in [-0.15, -0.1) is 0 Å². The Hall–Kier alpha value is -2.59. The Morgan fingerprint density at radius 2 is 2.00 bits per heavy atom. The average molecular weight is 314 g/mol. The maximum atomic E-state index is 11.0. The molecule has 0 saturated heterocycles. The normalized spacial score (nSPS) is 10.6. The van der Waals surface area contributed by atoms with E-state index in [0.29, 0.717) is 11.3 Å². The molecule has 110 valence electrons. The number of halogens is 1. The fourth-order valence-corrected chi connectivity index (χ4v) is 2.45. The first-order valence-electron chi connectivity index (χ1n) is 6.62. The van der Waals surface area contributed by atoms with Crippen molar-refractivity contribution in [3.8, 4) is 11.3 Å². The van der Waals surface area contributed by atoms with E-state index in [1.54, 1.807) is 30.5 Å². The van der Waals surface area contributed by atoms with Crippen LogP contribution in [0, 0.1) is 17.4 Å². The average Bonchev–Trinajstić information content (AvgIpc) is 2.91. The molecule has 4 nitrogen and oxygen atoms in total. The number of rotatable bonds is 2. The quantitative estimate of drug-likeness (QED) is 0.599. The van der Waals surface area contributed by atoms with Crippen molar-refractivity contribution < 1.29 is 14.4 Å². The summed E-state index contributed by atoms with van der Waals surface area (Å²) in [5, 5.41) is 16.1. The Balaban J connectivity index is 0.000000169. The van der Waals surface area contributed by atoms with Crippen LogP contribution in [0.2, 0.25) is 5.02 Å². The molecule has 0 unspecified atom stereocenters. The second-order valence-electron chi connectivity index (χ2n) is 4.88. The summed E-state index contributed by atoms with van der Waals surface area (Å²) >= 11 is 5.60. The molecule has 2 aliphatic carbocycles. The molecular formula is C17H12ClNO3. The summed E-state index contributed by atoms with van der Waals surface area (Å²) in [6, 6.07) is 12.7. The highest BCUT2D eigenvalue weighted by Crippen LogP contribution is 2.26. The maximum Gasteiger partial charge on any atom is 0.336 e. The number of benzene rings is 2. The molecule has 22 heavy (non-hydrogen) atoms. The van der Waals surface area contributed by atoms with Crippen molar-refractivity contribution in [1.29, 1.82) is 0 Å². The Morgan fingerprint density at radius 3 is 2.41 bits per heavy atom. The highest BCUT2D eigenvalue weighted by molar-refractivity contribution is 6.31. The molecule has 0 radical (unpaired) electrons. The number of aryl methyl sites for hydroxylation is 1. The fourth-order valence-electron chi connectivity index (χ4n) is 2.16. The van der Waals surface area contributed by atoms with Crippen molar-refractivity contribution in [2.24, 2.45) is 0 Å². The molecule has 4 rings (SSSR count). The molecule has 2 aromatic rings. The van der Waals surface area contributed by atoms with Crippen molar-refractivity contribution in [3.63, 3.8) is 0 Å². The van der Waals surface area contributed by atoms with Crippen LogP contribution in [0.3, 0.4) is 0 Å². The minimum atomic E-state index is -0.971. The van der Waals surface area contributed by atoms with E-state index in [2.05, 4.69) is 11.2 Å². The molecule has 1 aromatic carbocycles. The number of nitrogens with zero attached hydrogens (tertiary/aromatic N) is 1. The van der Waals surface area contributed by atoms with Crippen LogP contribution in [-0.4, -0.2) is 16.2 Å². The smallest absolute Gasteiger partial charge is 0.336 e. The summed E-state index contributed by atoms with van der Waals surface area (Å²) in [4.78, 5) is 11.0. The Labute approximate surface area is 131 Å². The molecule has 0 fully saturated rings. The number of carbonyl (C=O) groups is 1. The first kappa shape index (κ1) is 14.4. The molecule has 0 atom stereocenters. The number of aromatic nitrogens is 1. The zero-order valence-electron chi connectivity index (χ0n) is 11.7. The van der Waals surface area contributed by atoms with Gasteiger partial charge in [0.25, 0.3) is 0 Å². The lowest BCUT2D eigenvalue weighted by molar-refractivity contribution is 0.0697. The zero-order chi connectivity index (χ0) is 15.7. The van der Waals surface area contributed by atoms with E-state index in [9.17, 15) is 4.79 Å². The second-order valence-corrected chi connectivity index (χ2v) is 5.29. The summed E-state index contributed by atoms with van der Waals surface area (Å²) in [5.74, 6) is -0.464. The lowest BCUT2D eigenvalue weighted by Gasteiger charge is -2.02. The van der Waals surface area contributed by atoms with Crippen LogP contribution >= 0.6 is 11.6 Å². The molecule has 1 N–H and O–H groups in total. The molecule has 0 bridgehead atoms. The second kappa shape index (κ2) is 5.66. The lowest BCUT2D eigenvalue weighted by atomic mass is 10.0. The van der Waals surface area contributed by atoms with Crippen LogP contribution < -0.4 is 0 Å². The van der Waals surface area contributed by atoms with Gasteiger partial charge in [-0.05, 0) is 24.3 Å². The number of aromatic carboxylic acids is 1. The van der Waals surface area contributed by atoms with Crippen LogP contribution in [-0.2, 0) is 0 Å². The molecule has 0 aliphatic heterocycles. The van der Waals surface area contributed by atoms with Gasteiger partial charge >= 0.3 is 5.97 Å². The minimum Gasteiger partial charge on any atom is -0.478 e. The van der Waals surface area contributed by atoms with Crippen molar-refractivity contribution in [1.82, 2.24) is 5.16 Å². The van der Waals surface area contributed by atoms with E-state index in [-0.39, 0.29) is 5.56 Å². The van der Waals surface area contributed by atoms with E-state index in [1.807, 2.05) is 19.1 Å². The number of hydrogen-bond donors (Lipinski definition) is 1. The molecule has 0 saturated carbocycles. The standard InChI is InChI=1S/C11H9NO3.C6H3Cl/c1-7-6-12-15-10(7)8-4-2-3-5-9(8)11(13)14;7-6-3-4-1-2-5(4)6/h2-6H,1H3,(H,13,14);1-3H. The van der Waals surface area contributed by atoms with Crippen molar-refractivity contribution in [2.45, 2.75) is 6.92 Å². The van der Waals surface area contributed by atoms with Gasteiger partial charge in [0, 0.05) is 21.4 Å². The highest BCUT2D eigenvalue weighted by Gasteiger charge is 2.15. The van der Waals surface area contributed by atoms with Gasteiger partial charge in [0.2, 0.25) is 0 Å². The number of carboxylic acid groups (broad SMARTS) is 1. The van der Waals surface area contributed by atoms with Crippen molar-refractivity contribution in [3.05, 3.63) is 75.2 Å². The first-order chi connectivity index (χ1) is 10.6. The molecular weight excluding hydrogens is 302 g/mol. The lowest BCUT2D eigenvalue weighted by Crippen LogP contribution is -1.98. The van der Waals surface area contributed by atoms with Gasteiger partial charge in [0.05, 0.1) is 11.8 Å². The third-order valence-corrected chi connectivity index (χ3v) is 3.74. The van der Waals surface area contributed by atoms with Gasteiger partial charge in [-0.3, -0.25) is 0 Å². The summed E-state index contributed by atoms with van der Waals surface area (Å²) in [5.41, 5.74) is 1.60. The van der Waals surface area contributed by atoms with E-state index >= 15 is 0 Å². The topological polar surface area (TPSA) is 63.3 Å². The summed E-state index contributed by atoms with van der Waals surface area (Å²) in [6.45, 7) is 1.82. The maximum absolute atomic E-state index is 11.0. The summed E-state index contributed by atoms with van der Waals surface area (Å²) in [6.07, 6.45) is 1.56. The monoisotopic (exact) mass is 313 g/mol. The van der Waals surface area contributed by atoms with Crippen LogP contribution in [0.5, 0.6) is 0 Å². The fraction of sp³-hybridized carbons (Fsp3) is 0.0588. The molecule has 0 amide bonds. The van der Waals surface area contributed by atoms with Gasteiger partial charge < -0.3 is 9.63 Å². The van der Waals surface area contributed by atoms with Gasteiger partial charge in [-0.25, -0.2) is 4.79 Å². The SMILES string of the molecule is Cc1cnoc1-c1ccccc1C(=O)O.Clc1cc2ccc1=2. The van der Waals surface area contributed by atoms with Crippen LogP contribution in [0.15, 0.2) is 53.2 Å². The van der Waals surface area contributed by atoms with Crippen molar-refractivity contribution >= 4 is 17.6 Å². The van der Waals surface area contributed by atoms with Gasteiger partial charge in [-0.1, -0.05) is 47.1 Å². The van der Waals surface area contributed by atoms with E-state index in [1.165, 1.54) is 10.4 Å². The largest absolute Gasteiger partial charge is 0.478 e.